The van der Waals surface area contributed by atoms with Crippen molar-refractivity contribution in [3.63, 3.8) is 0 Å². The number of ether oxygens (including phenoxy) is 1. The molecule has 4 aliphatic carbocycles. The molecule has 6 nitrogen and oxygen atoms in total. The first-order valence-electron chi connectivity index (χ1n) is 14.1. The minimum absolute atomic E-state index is 0.216. The highest BCUT2D eigenvalue weighted by molar-refractivity contribution is 8.18. The molecule has 4 saturated carbocycles. The number of aryl methyl sites for hydroxylation is 2. The third-order valence-electron chi connectivity index (χ3n) is 9.08. The standard InChI is InChI=1S/C32H36N2O4S/c1-4-38-27-8-6-25(32-15-21-10-22(16-32)12-23(11-21)17-32)13-24(27)14-28-30(36)34(31(37)39-28)18-29(35)33-26-7-5-19(2)9-20(26)3/h5-9,13-14,21-23H,4,10-12,15-18H2,1-3H3,(H,33,35)/b28-14+. The van der Waals surface area contributed by atoms with Crippen LogP contribution in [0.5, 0.6) is 5.75 Å². The highest BCUT2D eigenvalue weighted by atomic mass is 32.2. The van der Waals surface area contributed by atoms with Crippen LogP contribution in [0.1, 0.15) is 67.7 Å². The average Bonchev–Trinajstić information content (AvgIpc) is 3.13. The first-order chi connectivity index (χ1) is 18.7. The van der Waals surface area contributed by atoms with Gasteiger partial charge < -0.3 is 10.1 Å². The quantitative estimate of drug-likeness (QED) is 0.386. The van der Waals surface area contributed by atoms with Gasteiger partial charge in [0.15, 0.2) is 0 Å². The summed E-state index contributed by atoms with van der Waals surface area (Å²) in [6.45, 7) is 6.04. The molecule has 1 heterocycles. The molecule has 0 unspecified atom stereocenters. The maximum atomic E-state index is 13.3. The van der Waals surface area contributed by atoms with Crippen LogP contribution in [0.4, 0.5) is 10.5 Å². The lowest BCUT2D eigenvalue weighted by molar-refractivity contribution is -0.127. The monoisotopic (exact) mass is 544 g/mol. The fraction of sp³-hybridized carbons (Fsp3) is 0.469. The Bertz CT molecular complexity index is 1340. The predicted octanol–water partition coefficient (Wildman–Crippen LogP) is 6.84. The van der Waals surface area contributed by atoms with Crippen LogP contribution in [0.25, 0.3) is 6.08 Å². The molecule has 1 aliphatic heterocycles. The van der Waals surface area contributed by atoms with E-state index in [2.05, 4.69) is 17.4 Å². The minimum Gasteiger partial charge on any atom is -0.493 e. The van der Waals surface area contributed by atoms with Crippen LogP contribution in [0.2, 0.25) is 0 Å². The first-order valence-corrected chi connectivity index (χ1v) is 14.9. The van der Waals surface area contributed by atoms with Gasteiger partial charge in [0.2, 0.25) is 5.91 Å². The Morgan fingerprint density at radius 1 is 1.05 bits per heavy atom. The Morgan fingerprint density at radius 3 is 2.38 bits per heavy atom. The smallest absolute Gasteiger partial charge is 0.294 e. The van der Waals surface area contributed by atoms with Gasteiger partial charge in [0.05, 0.1) is 11.5 Å². The van der Waals surface area contributed by atoms with Crippen molar-refractivity contribution in [1.29, 1.82) is 0 Å². The number of anilines is 1. The number of imide groups is 1. The van der Waals surface area contributed by atoms with E-state index in [0.717, 1.165) is 51.1 Å². The Hall–Kier alpha value is -3.06. The van der Waals surface area contributed by atoms with Gasteiger partial charge in [-0.25, -0.2) is 0 Å². The van der Waals surface area contributed by atoms with E-state index in [1.807, 2.05) is 45.0 Å². The second-order valence-electron chi connectivity index (χ2n) is 12.0. The van der Waals surface area contributed by atoms with Crippen molar-refractivity contribution < 1.29 is 19.1 Å². The molecule has 2 aromatic carbocycles. The van der Waals surface area contributed by atoms with E-state index in [4.69, 9.17) is 4.74 Å². The maximum Gasteiger partial charge on any atom is 0.294 e. The summed E-state index contributed by atoms with van der Waals surface area (Å²) in [4.78, 5) is 40.2. The van der Waals surface area contributed by atoms with Crippen LogP contribution in [-0.4, -0.2) is 35.1 Å². The van der Waals surface area contributed by atoms with Crippen LogP contribution < -0.4 is 10.1 Å². The number of rotatable bonds is 7. The molecule has 5 aliphatic rings. The molecule has 7 heteroatoms. The average molecular weight is 545 g/mol. The number of nitrogens with zero attached hydrogens (tertiary/aromatic N) is 1. The Kier molecular flexibility index (Phi) is 6.82. The number of amides is 3. The second kappa shape index (κ2) is 10.2. The zero-order valence-corrected chi connectivity index (χ0v) is 23.7. The Labute approximate surface area is 234 Å². The summed E-state index contributed by atoms with van der Waals surface area (Å²) >= 11 is 0.885. The normalized spacial score (nSPS) is 28.4. The predicted molar refractivity (Wildman–Crippen MR) is 155 cm³/mol. The van der Waals surface area contributed by atoms with Crippen LogP contribution in [-0.2, 0) is 15.0 Å². The van der Waals surface area contributed by atoms with Crippen molar-refractivity contribution in [3.05, 3.63) is 63.6 Å². The molecule has 7 rings (SSSR count). The fourth-order valence-corrected chi connectivity index (χ4v) is 8.64. The molecule has 0 atom stereocenters. The zero-order chi connectivity index (χ0) is 27.3. The molecule has 0 radical (unpaired) electrons. The third kappa shape index (κ3) is 5.02. The molecule has 4 bridgehead atoms. The van der Waals surface area contributed by atoms with Gasteiger partial charge in [-0.05, 0) is 130 Å². The van der Waals surface area contributed by atoms with E-state index in [9.17, 15) is 14.4 Å². The lowest BCUT2D eigenvalue weighted by atomic mass is 9.48. The molecule has 1 saturated heterocycles. The lowest BCUT2D eigenvalue weighted by Crippen LogP contribution is -2.48. The van der Waals surface area contributed by atoms with E-state index in [1.165, 1.54) is 44.1 Å². The van der Waals surface area contributed by atoms with E-state index in [0.29, 0.717) is 22.9 Å². The van der Waals surface area contributed by atoms with Gasteiger partial charge in [0, 0.05) is 11.3 Å². The molecule has 5 fully saturated rings. The summed E-state index contributed by atoms with van der Waals surface area (Å²) < 4.78 is 5.93. The van der Waals surface area contributed by atoms with Crippen LogP contribution in [0.15, 0.2) is 41.3 Å². The van der Waals surface area contributed by atoms with E-state index in [-0.39, 0.29) is 12.0 Å². The number of nitrogens with one attached hydrogen (secondary N) is 1. The van der Waals surface area contributed by atoms with Crippen molar-refractivity contribution in [2.75, 3.05) is 18.5 Å². The molecule has 0 spiro atoms. The van der Waals surface area contributed by atoms with Gasteiger partial charge in [-0.2, -0.15) is 0 Å². The highest BCUT2D eigenvalue weighted by Crippen LogP contribution is 2.61. The van der Waals surface area contributed by atoms with E-state index < -0.39 is 17.1 Å². The summed E-state index contributed by atoms with van der Waals surface area (Å²) in [5.74, 6) is 2.37. The summed E-state index contributed by atoms with van der Waals surface area (Å²) in [6, 6.07) is 12.2. The van der Waals surface area contributed by atoms with E-state index in [1.54, 1.807) is 6.08 Å². The molecule has 2 aromatic rings. The lowest BCUT2D eigenvalue weighted by Gasteiger charge is -2.57. The van der Waals surface area contributed by atoms with Gasteiger partial charge in [0.25, 0.3) is 11.1 Å². The van der Waals surface area contributed by atoms with Crippen LogP contribution in [0, 0.1) is 31.6 Å². The molecule has 204 valence electrons. The van der Waals surface area contributed by atoms with Gasteiger partial charge in [0.1, 0.15) is 12.3 Å². The zero-order valence-electron chi connectivity index (χ0n) is 22.9. The van der Waals surface area contributed by atoms with Gasteiger partial charge >= 0.3 is 0 Å². The maximum absolute atomic E-state index is 13.3. The van der Waals surface area contributed by atoms with Crippen molar-refractivity contribution in [2.24, 2.45) is 17.8 Å². The number of carbonyl (C=O) groups is 3. The Balaban J connectivity index is 1.23. The molecule has 0 aromatic heterocycles. The molecule has 1 N–H and O–H groups in total. The molecule has 3 amide bonds. The van der Waals surface area contributed by atoms with Crippen LogP contribution in [0.3, 0.4) is 0 Å². The summed E-state index contributed by atoms with van der Waals surface area (Å²) in [5, 5.41) is 2.40. The molecular weight excluding hydrogens is 508 g/mol. The van der Waals surface area contributed by atoms with Crippen LogP contribution >= 0.6 is 11.8 Å². The van der Waals surface area contributed by atoms with Gasteiger partial charge in [-0.1, -0.05) is 23.8 Å². The third-order valence-corrected chi connectivity index (χ3v) is 9.99. The van der Waals surface area contributed by atoms with E-state index >= 15 is 0 Å². The van der Waals surface area contributed by atoms with Crippen molar-refractivity contribution in [2.45, 2.75) is 64.7 Å². The summed E-state index contributed by atoms with van der Waals surface area (Å²) in [6.07, 6.45) is 9.67. The second-order valence-corrected chi connectivity index (χ2v) is 13.0. The van der Waals surface area contributed by atoms with Gasteiger partial charge in [-0.15, -0.1) is 0 Å². The van der Waals surface area contributed by atoms with Crippen molar-refractivity contribution in [3.8, 4) is 5.75 Å². The number of carbonyl (C=O) groups excluding carboxylic acids is 3. The van der Waals surface area contributed by atoms with Crippen molar-refractivity contribution in [1.82, 2.24) is 4.90 Å². The number of benzene rings is 2. The topological polar surface area (TPSA) is 75.7 Å². The SMILES string of the molecule is CCOc1ccc(C23CC4CC(CC(C4)C2)C3)cc1/C=C1/SC(=O)N(CC(=O)Nc2ccc(C)cc2C)C1=O. The number of hydrogen-bond acceptors (Lipinski definition) is 5. The first kappa shape index (κ1) is 26.2. The minimum atomic E-state index is -0.441. The van der Waals surface area contributed by atoms with Crippen molar-refractivity contribution >= 4 is 40.6 Å². The highest BCUT2D eigenvalue weighted by Gasteiger charge is 2.51. The largest absolute Gasteiger partial charge is 0.493 e. The van der Waals surface area contributed by atoms with Gasteiger partial charge in [-0.3, -0.25) is 19.3 Å². The molecular formula is C32H36N2O4S. The fourth-order valence-electron chi connectivity index (χ4n) is 7.81. The Morgan fingerprint density at radius 2 is 1.74 bits per heavy atom. The molecule has 39 heavy (non-hydrogen) atoms. The number of thioether (sulfide) groups is 1. The summed E-state index contributed by atoms with van der Waals surface area (Å²) in [5.41, 5.74) is 5.09. The summed E-state index contributed by atoms with van der Waals surface area (Å²) in [7, 11) is 0. The number of hydrogen-bond donors (Lipinski definition) is 1.